The fraction of sp³-hybridized carbons (Fsp3) is 0.250. The zero-order chi connectivity index (χ0) is 17.6. The van der Waals surface area contributed by atoms with E-state index in [-0.39, 0.29) is 17.1 Å². The monoisotopic (exact) mass is 364 g/mol. The minimum absolute atomic E-state index is 0.0486. The quantitative estimate of drug-likeness (QED) is 0.748. The largest absolute Gasteiger partial charge is 0.481 e. The number of nitrogens with one attached hydrogen (secondary N) is 1. The second-order valence-corrected chi connectivity index (χ2v) is 8.20. The van der Waals surface area contributed by atoms with E-state index in [1.807, 2.05) is 36.4 Å². The van der Waals surface area contributed by atoms with Crippen molar-refractivity contribution >= 4 is 27.3 Å². The van der Waals surface area contributed by atoms with E-state index in [1.165, 1.54) is 12.1 Å². The normalized spacial score (nSPS) is 12.5. The molecule has 0 bridgehead atoms. The number of carbonyl (C=O) groups is 1. The van der Waals surface area contributed by atoms with Crippen molar-refractivity contribution < 1.29 is 18.3 Å². The summed E-state index contributed by atoms with van der Waals surface area (Å²) in [6.07, 6.45) is 0.442. The van der Waals surface area contributed by atoms with Gasteiger partial charge in [-0.1, -0.05) is 30.3 Å². The van der Waals surface area contributed by atoms with Crippen LogP contribution in [0, 0.1) is 11.3 Å². The minimum Gasteiger partial charge on any atom is -0.481 e. The highest BCUT2D eigenvalue weighted by Gasteiger charge is 2.22. The van der Waals surface area contributed by atoms with E-state index in [4.69, 9.17) is 10.4 Å². The maximum absolute atomic E-state index is 12.4. The van der Waals surface area contributed by atoms with Crippen LogP contribution >= 0.6 is 11.3 Å². The lowest BCUT2D eigenvalue weighted by molar-refractivity contribution is -0.137. The number of aliphatic carboxylic acids is 1. The number of nitriles is 1. The Kier molecular flexibility index (Phi) is 6.09. The van der Waals surface area contributed by atoms with Crippen LogP contribution in [-0.2, 0) is 21.2 Å². The van der Waals surface area contributed by atoms with Gasteiger partial charge in [-0.3, -0.25) is 4.79 Å². The molecular weight excluding hydrogens is 348 g/mol. The maximum atomic E-state index is 12.4. The molecule has 0 saturated carbocycles. The van der Waals surface area contributed by atoms with Crippen LogP contribution in [0.5, 0.6) is 0 Å². The molecule has 0 aliphatic carbocycles. The highest BCUT2D eigenvalue weighted by Crippen LogP contribution is 2.22. The molecule has 1 heterocycles. The molecular formula is C16H16N2O4S2. The number of hydrogen-bond donors (Lipinski definition) is 2. The summed E-state index contributed by atoms with van der Waals surface area (Å²) < 4.78 is 27.5. The summed E-state index contributed by atoms with van der Waals surface area (Å²) in [5.41, 5.74) is 0.916. The van der Waals surface area contributed by atoms with Gasteiger partial charge >= 0.3 is 5.97 Å². The third-order valence-corrected chi connectivity index (χ3v) is 6.31. The summed E-state index contributed by atoms with van der Waals surface area (Å²) in [5.74, 6) is -0.977. The Morgan fingerprint density at radius 1 is 1.25 bits per heavy atom. The van der Waals surface area contributed by atoms with Crippen molar-refractivity contribution in [1.29, 1.82) is 5.26 Å². The minimum atomic E-state index is -3.79. The van der Waals surface area contributed by atoms with Gasteiger partial charge in [0.1, 0.15) is 15.2 Å². The Bertz CT molecular complexity index is 838. The van der Waals surface area contributed by atoms with E-state index in [0.29, 0.717) is 11.3 Å². The lowest BCUT2D eigenvalue weighted by Crippen LogP contribution is -2.36. The van der Waals surface area contributed by atoms with Gasteiger partial charge in [-0.25, -0.2) is 13.1 Å². The summed E-state index contributed by atoms with van der Waals surface area (Å²) in [4.78, 5) is 11.1. The predicted molar refractivity (Wildman–Crippen MR) is 90.2 cm³/mol. The van der Waals surface area contributed by atoms with Crippen LogP contribution in [0.3, 0.4) is 0 Å². The molecule has 0 aliphatic rings. The van der Waals surface area contributed by atoms with E-state index < -0.39 is 22.0 Å². The van der Waals surface area contributed by atoms with Gasteiger partial charge in [-0.2, -0.15) is 5.26 Å². The van der Waals surface area contributed by atoms with Gasteiger partial charge in [0.05, 0.1) is 0 Å². The summed E-state index contributed by atoms with van der Waals surface area (Å²) in [6, 6.07) is 13.5. The number of benzene rings is 1. The topological polar surface area (TPSA) is 107 Å². The van der Waals surface area contributed by atoms with Crippen molar-refractivity contribution in [2.24, 2.45) is 0 Å². The Hall–Kier alpha value is -2.21. The van der Waals surface area contributed by atoms with Gasteiger partial charge in [0.2, 0.25) is 10.0 Å². The molecule has 1 aromatic carbocycles. The molecule has 1 unspecified atom stereocenters. The van der Waals surface area contributed by atoms with Crippen LogP contribution in [-0.4, -0.2) is 25.5 Å². The Morgan fingerprint density at radius 3 is 2.54 bits per heavy atom. The second kappa shape index (κ2) is 8.06. The van der Waals surface area contributed by atoms with Crippen LogP contribution in [0.4, 0.5) is 0 Å². The Labute approximate surface area is 144 Å². The average molecular weight is 364 g/mol. The standard InChI is InChI=1S/C16H16N2O4S2/c17-11-14-7-9-16(23-14)24(21,22)18-13(6-8-15(19)20)10-12-4-2-1-3-5-12/h1-5,7,9,13,18H,6,8,10H2,(H,19,20). The average Bonchev–Trinajstić information content (AvgIpc) is 3.03. The molecule has 0 fully saturated rings. The summed E-state index contributed by atoms with van der Waals surface area (Å²) >= 11 is 0.885. The zero-order valence-electron chi connectivity index (χ0n) is 12.7. The van der Waals surface area contributed by atoms with Gasteiger partial charge in [0.15, 0.2) is 0 Å². The highest BCUT2D eigenvalue weighted by molar-refractivity contribution is 7.91. The molecule has 0 radical (unpaired) electrons. The fourth-order valence-corrected chi connectivity index (χ4v) is 4.59. The fourth-order valence-electron chi connectivity index (χ4n) is 2.20. The first-order valence-corrected chi connectivity index (χ1v) is 9.48. The van der Waals surface area contributed by atoms with E-state index >= 15 is 0 Å². The lowest BCUT2D eigenvalue weighted by Gasteiger charge is -2.17. The van der Waals surface area contributed by atoms with Gasteiger partial charge in [0.25, 0.3) is 0 Å². The first kappa shape index (κ1) is 18.1. The summed E-state index contributed by atoms with van der Waals surface area (Å²) in [6.45, 7) is 0. The third-order valence-electron chi connectivity index (χ3n) is 3.31. The Morgan fingerprint density at radius 2 is 1.96 bits per heavy atom. The maximum Gasteiger partial charge on any atom is 0.303 e. The molecule has 2 rings (SSSR count). The molecule has 0 saturated heterocycles. The number of hydrogen-bond acceptors (Lipinski definition) is 5. The summed E-state index contributed by atoms with van der Waals surface area (Å²) in [5, 5.41) is 17.7. The smallest absolute Gasteiger partial charge is 0.303 e. The molecule has 2 aromatic rings. The van der Waals surface area contributed by atoms with Crippen molar-refractivity contribution in [3.8, 4) is 6.07 Å². The number of rotatable bonds is 8. The van der Waals surface area contributed by atoms with E-state index in [9.17, 15) is 13.2 Å². The van der Waals surface area contributed by atoms with Crippen LogP contribution in [0.15, 0.2) is 46.7 Å². The molecule has 2 N–H and O–H groups in total. The van der Waals surface area contributed by atoms with Crippen LogP contribution in [0.1, 0.15) is 23.3 Å². The number of carboxylic acids is 1. The molecule has 1 aromatic heterocycles. The first-order chi connectivity index (χ1) is 11.4. The molecule has 0 spiro atoms. The molecule has 126 valence electrons. The molecule has 1 atom stereocenters. The third kappa shape index (κ3) is 5.16. The van der Waals surface area contributed by atoms with Gasteiger partial charge < -0.3 is 5.11 Å². The van der Waals surface area contributed by atoms with E-state index in [1.54, 1.807) is 0 Å². The number of nitrogens with zero attached hydrogens (tertiary/aromatic N) is 1. The highest BCUT2D eigenvalue weighted by atomic mass is 32.2. The molecule has 0 aliphatic heterocycles. The molecule has 8 heteroatoms. The molecule has 0 amide bonds. The Balaban J connectivity index is 2.16. The van der Waals surface area contributed by atoms with Crippen molar-refractivity contribution in [1.82, 2.24) is 4.72 Å². The van der Waals surface area contributed by atoms with Gasteiger partial charge in [0, 0.05) is 12.5 Å². The van der Waals surface area contributed by atoms with E-state index in [0.717, 1.165) is 16.9 Å². The van der Waals surface area contributed by atoms with Gasteiger partial charge in [-0.15, -0.1) is 11.3 Å². The van der Waals surface area contributed by atoms with Crippen molar-refractivity contribution in [3.63, 3.8) is 0 Å². The zero-order valence-corrected chi connectivity index (χ0v) is 14.3. The second-order valence-electron chi connectivity index (χ2n) is 5.17. The molecule has 6 nitrogen and oxygen atoms in total. The van der Waals surface area contributed by atoms with Crippen molar-refractivity contribution in [3.05, 3.63) is 52.9 Å². The van der Waals surface area contributed by atoms with Gasteiger partial charge in [-0.05, 0) is 30.5 Å². The molecule has 24 heavy (non-hydrogen) atoms. The number of sulfonamides is 1. The SMILES string of the molecule is N#Cc1ccc(S(=O)(=O)NC(CCC(=O)O)Cc2ccccc2)s1. The predicted octanol–water partition coefficient (Wildman–Crippen LogP) is 2.37. The van der Waals surface area contributed by atoms with E-state index in [2.05, 4.69) is 4.72 Å². The van der Waals surface area contributed by atoms with Crippen LogP contribution < -0.4 is 4.72 Å². The lowest BCUT2D eigenvalue weighted by atomic mass is 10.0. The van der Waals surface area contributed by atoms with Crippen molar-refractivity contribution in [2.45, 2.75) is 29.5 Å². The number of carboxylic acid groups (broad SMARTS) is 1. The number of thiophene rings is 1. The first-order valence-electron chi connectivity index (χ1n) is 7.18. The van der Waals surface area contributed by atoms with Crippen molar-refractivity contribution in [2.75, 3.05) is 0 Å². The summed E-state index contributed by atoms with van der Waals surface area (Å²) in [7, 11) is -3.79. The van der Waals surface area contributed by atoms with Crippen LogP contribution in [0.25, 0.3) is 0 Å². The van der Waals surface area contributed by atoms with Crippen LogP contribution in [0.2, 0.25) is 0 Å².